The number of rotatable bonds is 2. The molecular weight excluding hydrogens is 376 g/mol. The van der Waals surface area contributed by atoms with Crippen molar-refractivity contribution in [1.29, 1.82) is 0 Å². The number of carbonyl (C=O) groups is 1. The van der Waals surface area contributed by atoms with Crippen LogP contribution >= 0.6 is 43.2 Å². The molecule has 0 bridgehead atoms. The summed E-state index contributed by atoms with van der Waals surface area (Å²) in [5, 5.41) is 0. The Balaban J connectivity index is 2.49. The van der Waals surface area contributed by atoms with Crippen molar-refractivity contribution in [3.05, 3.63) is 53.6 Å². The van der Waals surface area contributed by atoms with E-state index in [0.717, 1.165) is 35.4 Å². The van der Waals surface area contributed by atoms with Gasteiger partial charge in [0, 0.05) is 10.0 Å². The molecule has 94 valence electrons. The van der Waals surface area contributed by atoms with Gasteiger partial charge in [0.05, 0.1) is 8.66 Å². The summed E-state index contributed by atoms with van der Waals surface area (Å²) in [5.41, 5.74) is 3.97. The van der Waals surface area contributed by atoms with Crippen LogP contribution in [0.1, 0.15) is 31.9 Å². The Bertz CT molecular complexity index is 609. The molecule has 0 unspecified atom stereocenters. The lowest BCUT2D eigenvalue weighted by atomic mass is 10.0. The molecule has 1 heterocycles. The maximum Gasteiger partial charge on any atom is 0.203 e. The number of halogens is 2. The van der Waals surface area contributed by atoms with E-state index in [0.29, 0.717) is 0 Å². The van der Waals surface area contributed by atoms with Crippen molar-refractivity contribution >= 4 is 49.0 Å². The third-order valence-corrected chi connectivity index (χ3v) is 5.82. The van der Waals surface area contributed by atoms with Gasteiger partial charge in [-0.25, -0.2) is 0 Å². The molecule has 2 aromatic rings. The van der Waals surface area contributed by atoms with Gasteiger partial charge in [0.15, 0.2) is 0 Å². The van der Waals surface area contributed by atoms with Crippen molar-refractivity contribution in [3.63, 3.8) is 0 Å². The van der Waals surface area contributed by atoms with Gasteiger partial charge in [0.2, 0.25) is 5.78 Å². The highest BCUT2D eigenvalue weighted by atomic mass is 79.9. The second kappa shape index (κ2) is 5.27. The molecule has 2 rings (SSSR count). The van der Waals surface area contributed by atoms with Crippen LogP contribution in [-0.4, -0.2) is 5.78 Å². The van der Waals surface area contributed by atoms with Crippen molar-refractivity contribution in [2.45, 2.75) is 20.8 Å². The van der Waals surface area contributed by atoms with Gasteiger partial charge in [0.25, 0.3) is 0 Å². The highest BCUT2D eigenvalue weighted by molar-refractivity contribution is 9.11. The average Bonchev–Trinajstić information content (AvgIpc) is 2.63. The van der Waals surface area contributed by atoms with E-state index in [4.69, 9.17) is 0 Å². The van der Waals surface area contributed by atoms with Gasteiger partial charge < -0.3 is 0 Å². The number of benzene rings is 1. The molecule has 0 saturated carbocycles. The highest BCUT2D eigenvalue weighted by Crippen LogP contribution is 2.30. The van der Waals surface area contributed by atoms with Crippen LogP contribution in [-0.2, 0) is 0 Å². The minimum absolute atomic E-state index is 0.0990. The molecule has 1 aromatic heterocycles. The third kappa shape index (κ3) is 2.60. The Morgan fingerprint density at radius 1 is 1.00 bits per heavy atom. The number of hydrogen-bond donors (Lipinski definition) is 0. The molecular formula is C14H12Br2OS. The first-order valence-electron chi connectivity index (χ1n) is 5.47. The predicted octanol–water partition coefficient (Wildman–Crippen LogP) is 5.43. The first-order chi connectivity index (χ1) is 8.40. The van der Waals surface area contributed by atoms with Crippen molar-refractivity contribution < 1.29 is 4.79 Å². The van der Waals surface area contributed by atoms with E-state index < -0.39 is 0 Å². The minimum atomic E-state index is 0.0990. The number of aryl methyl sites for hydroxylation is 3. The fourth-order valence-corrected chi connectivity index (χ4v) is 3.68. The van der Waals surface area contributed by atoms with Gasteiger partial charge >= 0.3 is 0 Å². The molecule has 0 spiro atoms. The van der Waals surface area contributed by atoms with Gasteiger partial charge in [-0.3, -0.25) is 4.79 Å². The summed E-state index contributed by atoms with van der Waals surface area (Å²) in [6, 6.07) is 5.89. The lowest BCUT2D eigenvalue weighted by Gasteiger charge is -2.07. The lowest BCUT2D eigenvalue weighted by molar-refractivity contribution is 0.104. The van der Waals surface area contributed by atoms with Gasteiger partial charge in [-0.05, 0) is 71.6 Å². The van der Waals surface area contributed by atoms with Crippen LogP contribution in [0.3, 0.4) is 0 Å². The van der Waals surface area contributed by atoms with Crippen molar-refractivity contribution in [3.8, 4) is 0 Å². The predicted molar refractivity (Wildman–Crippen MR) is 83.8 cm³/mol. The smallest absolute Gasteiger partial charge is 0.203 e. The standard InChI is InChI=1S/C14H12Br2OS/c1-7-5-11(15)8(2)4-10(7)13(17)12-6-9(3)14(16)18-12/h4-6H,1-3H3. The average molecular weight is 388 g/mol. The molecule has 1 nitrogen and oxygen atoms in total. The van der Waals surface area contributed by atoms with Crippen LogP contribution in [0, 0.1) is 20.8 Å². The quantitative estimate of drug-likeness (QED) is 0.628. The minimum Gasteiger partial charge on any atom is -0.288 e. The van der Waals surface area contributed by atoms with Gasteiger partial charge in [-0.2, -0.15) is 0 Å². The van der Waals surface area contributed by atoms with Crippen molar-refractivity contribution in [2.75, 3.05) is 0 Å². The van der Waals surface area contributed by atoms with E-state index in [1.807, 2.05) is 39.0 Å². The van der Waals surface area contributed by atoms with E-state index in [-0.39, 0.29) is 5.78 Å². The molecule has 0 saturated heterocycles. The van der Waals surface area contributed by atoms with Crippen LogP contribution in [0.2, 0.25) is 0 Å². The normalized spacial score (nSPS) is 10.7. The molecule has 0 aliphatic carbocycles. The third-order valence-electron chi connectivity index (χ3n) is 2.83. The summed E-state index contributed by atoms with van der Waals surface area (Å²) in [6.45, 7) is 5.96. The van der Waals surface area contributed by atoms with Crippen molar-refractivity contribution in [1.82, 2.24) is 0 Å². The molecule has 0 fully saturated rings. The van der Waals surface area contributed by atoms with E-state index >= 15 is 0 Å². The van der Waals surface area contributed by atoms with Crippen LogP contribution < -0.4 is 0 Å². The fourth-order valence-electron chi connectivity index (χ4n) is 1.73. The Kier molecular flexibility index (Phi) is 4.09. The Morgan fingerprint density at radius 2 is 1.67 bits per heavy atom. The summed E-state index contributed by atoms with van der Waals surface area (Å²) < 4.78 is 2.07. The summed E-state index contributed by atoms with van der Waals surface area (Å²) in [7, 11) is 0. The summed E-state index contributed by atoms with van der Waals surface area (Å²) >= 11 is 8.44. The fraction of sp³-hybridized carbons (Fsp3) is 0.214. The second-order valence-electron chi connectivity index (χ2n) is 4.31. The van der Waals surface area contributed by atoms with E-state index in [9.17, 15) is 4.79 Å². The number of ketones is 1. The van der Waals surface area contributed by atoms with Gasteiger partial charge in [-0.15, -0.1) is 11.3 Å². The second-order valence-corrected chi connectivity index (χ2v) is 7.54. The Hall–Kier alpha value is -0.450. The molecule has 18 heavy (non-hydrogen) atoms. The number of carbonyl (C=O) groups excluding carboxylic acids is 1. The zero-order chi connectivity index (χ0) is 13.4. The molecule has 0 aliphatic heterocycles. The van der Waals surface area contributed by atoms with Gasteiger partial charge in [-0.1, -0.05) is 15.9 Å². The number of thiophene rings is 1. The van der Waals surface area contributed by atoms with E-state index in [1.165, 1.54) is 11.3 Å². The molecule has 0 N–H and O–H groups in total. The topological polar surface area (TPSA) is 17.1 Å². The Labute approximate surface area is 127 Å². The zero-order valence-corrected chi connectivity index (χ0v) is 14.3. The summed E-state index contributed by atoms with van der Waals surface area (Å²) in [4.78, 5) is 13.3. The van der Waals surface area contributed by atoms with Gasteiger partial charge in [0.1, 0.15) is 0 Å². The van der Waals surface area contributed by atoms with Crippen LogP contribution in [0.15, 0.2) is 26.5 Å². The summed E-state index contributed by atoms with van der Waals surface area (Å²) in [6.07, 6.45) is 0. The molecule has 1 aromatic carbocycles. The first-order valence-corrected chi connectivity index (χ1v) is 7.87. The first kappa shape index (κ1) is 14.0. The lowest BCUT2D eigenvalue weighted by Crippen LogP contribution is -2.02. The van der Waals surface area contributed by atoms with Crippen LogP contribution in [0.25, 0.3) is 0 Å². The highest BCUT2D eigenvalue weighted by Gasteiger charge is 2.16. The van der Waals surface area contributed by atoms with Crippen LogP contribution in [0.5, 0.6) is 0 Å². The van der Waals surface area contributed by atoms with E-state index in [1.54, 1.807) is 0 Å². The van der Waals surface area contributed by atoms with Crippen molar-refractivity contribution in [2.24, 2.45) is 0 Å². The van der Waals surface area contributed by atoms with Crippen LogP contribution in [0.4, 0.5) is 0 Å². The van der Waals surface area contributed by atoms with E-state index in [2.05, 4.69) is 31.9 Å². The molecule has 0 radical (unpaired) electrons. The maximum atomic E-state index is 12.5. The maximum absolute atomic E-state index is 12.5. The monoisotopic (exact) mass is 386 g/mol. The molecule has 4 heteroatoms. The Morgan fingerprint density at radius 3 is 2.22 bits per heavy atom. The molecule has 0 aliphatic rings. The number of hydrogen-bond acceptors (Lipinski definition) is 2. The molecule has 0 amide bonds. The largest absolute Gasteiger partial charge is 0.288 e. The molecule has 0 atom stereocenters. The zero-order valence-electron chi connectivity index (χ0n) is 10.3. The summed E-state index contributed by atoms with van der Waals surface area (Å²) in [5.74, 6) is 0.0990. The SMILES string of the molecule is Cc1cc(C(=O)c2cc(C)c(Br)s2)c(C)cc1Br.